The number of halogens is 1. The zero-order valence-corrected chi connectivity index (χ0v) is 8.72. The van der Waals surface area contributed by atoms with E-state index in [2.05, 4.69) is 40.9 Å². The molecule has 1 rings (SSSR count). The lowest BCUT2D eigenvalue weighted by molar-refractivity contribution is 0.702. The predicted molar refractivity (Wildman–Crippen MR) is 50.2 cm³/mol. The van der Waals surface area contributed by atoms with Crippen molar-refractivity contribution in [3.05, 3.63) is 17.5 Å². The average Bonchev–Trinajstić information content (AvgIpc) is 2.31. The van der Waals surface area contributed by atoms with Crippen LogP contribution in [0.5, 0.6) is 0 Å². The summed E-state index contributed by atoms with van der Waals surface area (Å²) in [4.78, 5) is 0. The minimum absolute atomic E-state index is 0.509. The van der Waals surface area contributed by atoms with Crippen LogP contribution in [0.4, 0.5) is 0 Å². The summed E-state index contributed by atoms with van der Waals surface area (Å²) in [5.74, 6) is 0.509. The van der Waals surface area contributed by atoms with E-state index in [4.69, 9.17) is 0 Å². The van der Waals surface area contributed by atoms with Crippen molar-refractivity contribution < 1.29 is 0 Å². The number of rotatable bonds is 2. The smallest absolute Gasteiger partial charge is 0.0663 e. The van der Waals surface area contributed by atoms with Gasteiger partial charge in [-0.2, -0.15) is 5.10 Å². The van der Waals surface area contributed by atoms with Gasteiger partial charge < -0.3 is 0 Å². The standard InChI is InChI=1S/C8H13BrN2/c1-6(5-9)8-4-7(2)11(3)10-8/h4,6H,5H2,1-3H3. The SMILES string of the molecule is Cc1cc(C(C)CBr)nn1C. The molecule has 0 aliphatic heterocycles. The van der Waals surface area contributed by atoms with Crippen molar-refractivity contribution in [2.75, 3.05) is 5.33 Å². The summed E-state index contributed by atoms with van der Waals surface area (Å²) in [5, 5.41) is 5.34. The molecule has 11 heavy (non-hydrogen) atoms. The highest BCUT2D eigenvalue weighted by molar-refractivity contribution is 9.09. The second-order valence-corrected chi connectivity index (χ2v) is 3.54. The lowest BCUT2D eigenvalue weighted by Crippen LogP contribution is -1.97. The highest BCUT2D eigenvalue weighted by Crippen LogP contribution is 2.16. The number of alkyl halides is 1. The van der Waals surface area contributed by atoms with Gasteiger partial charge in [0.15, 0.2) is 0 Å². The van der Waals surface area contributed by atoms with Crippen molar-refractivity contribution in [3.8, 4) is 0 Å². The van der Waals surface area contributed by atoms with Gasteiger partial charge in [0.1, 0.15) is 0 Å². The minimum atomic E-state index is 0.509. The Balaban J connectivity index is 2.88. The number of hydrogen-bond donors (Lipinski definition) is 0. The maximum atomic E-state index is 4.37. The molecule has 0 fully saturated rings. The van der Waals surface area contributed by atoms with Crippen LogP contribution in [0.15, 0.2) is 6.07 Å². The van der Waals surface area contributed by atoms with Crippen LogP contribution in [-0.4, -0.2) is 15.1 Å². The van der Waals surface area contributed by atoms with E-state index in [0.717, 1.165) is 5.33 Å². The Morgan fingerprint density at radius 3 is 2.73 bits per heavy atom. The lowest BCUT2D eigenvalue weighted by atomic mass is 10.1. The van der Waals surface area contributed by atoms with E-state index in [0.29, 0.717) is 5.92 Å². The Morgan fingerprint density at radius 2 is 2.36 bits per heavy atom. The van der Waals surface area contributed by atoms with E-state index < -0.39 is 0 Å². The molecule has 3 heteroatoms. The Hall–Kier alpha value is -0.310. The first-order chi connectivity index (χ1) is 5.15. The van der Waals surface area contributed by atoms with Gasteiger partial charge in [0.2, 0.25) is 0 Å². The molecule has 0 N–H and O–H groups in total. The molecule has 0 spiro atoms. The quantitative estimate of drug-likeness (QED) is 0.694. The molecule has 0 radical (unpaired) electrons. The first-order valence-corrected chi connectivity index (χ1v) is 4.83. The first kappa shape index (κ1) is 8.78. The fourth-order valence-corrected chi connectivity index (χ4v) is 1.24. The number of nitrogens with zero attached hydrogens (tertiary/aromatic N) is 2. The van der Waals surface area contributed by atoms with E-state index >= 15 is 0 Å². The maximum absolute atomic E-state index is 4.37. The molecule has 0 bridgehead atoms. The molecule has 1 heterocycles. The summed E-state index contributed by atoms with van der Waals surface area (Å²) in [7, 11) is 1.97. The third kappa shape index (κ3) is 1.83. The van der Waals surface area contributed by atoms with Crippen LogP contribution in [0.2, 0.25) is 0 Å². The molecule has 2 nitrogen and oxygen atoms in total. The van der Waals surface area contributed by atoms with Gasteiger partial charge in [-0.3, -0.25) is 4.68 Å². The number of aryl methyl sites for hydroxylation is 2. The minimum Gasteiger partial charge on any atom is -0.273 e. The van der Waals surface area contributed by atoms with Crippen LogP contribution in [-0.2, 0) is 7.05 Å². The van der Waals surface area contributed by atoms with Gasteiger partial charge in [0, 0.05) is 24.0 Å². The topological polar surface area (TPSA) is 17.8 Å². The van der Waals surface area contributed by atoms with Crippen LogP contribution >= 0.6 is 15.9 Å². The monoisotopic (exact) mass is 216 g/mol. The number of aromatic nitrogens is 2. The highest BCUT2D eigenvalue weighted by Gasteiger charge is 2.07. The molecular weight excluding hydrogens is 204 g/mol. The van der Waals surface area contributed by atoms with Crippen molar-refractivity contribution >= 4 is 15.9 Å². The van der Waals surface area contributed by atoms with Crippen molar-refractivity contribution in [2.45, 2.75) is 19.8 Å². The van der Waals surface area contributed by atoms with Gasteiger partial charge in [0.25, 0.3) is 0 Å². The van der Waals surface area contributed by atoms with Crippen LogP contribution in [0, 0.1) is 6.92 Å². The molecule has 0 aliphatic rings. The summed E-state index contributed by atoms with van der Waals surface area (Å²) in [6.07, 6.45) is 0. The molecular formula is C8H13BrN2. The molecule has 1 aromatic rings. The number of hydrogen-bond acceptors (Lipinski definition) is 1. The van der Waals surface area contributed by atoms with E-state index in [1.807, 2.05) is 11.7 Å². The molecule has 0 aromatic carbocycles. The summed E-state index contributed by atoms with van der Waals surface area (Å²) >= 11 is 3.44. The molecule has 0 saturated carbocycles. The second-order valence-electron chi connectivity index (χ2n) is 2.89. The Labute approximate surface area is 75.7 Å². The fraction of sp³-hybridized carbons (Fsp3) is 0.625. The van der Waals surface area contributed by atoms with E-state index in [1.165, 1.54) is 11.4 Å². The van der Waals surface area contributed by atoms with Gasteiger partial charge >= 0.3 is 0 Å². The van der Waals surface area contributed by atoms with Gasteiger partial charge in [-0.25, -0.2) is 0 Å². The first-order valence-electron chi connectivity index (χ1n) is 3.71. The van der Waals surface area contributed by atoms with E-state index in [1.54, 1.807) is 0 Å². The lowest BCUT2D eigenvalue weighted by Gasteiger charge is -2.00. The second kappa shape index (κ2) is 3.39. The average molecular weight is 217 g/mol. The molecule has 1 unspecified atom stereocenters. The van der Waals surface area contributed by atoms with Gasteiger partial charge in [-0.15, -0.1) is 0 Å². The van der Waals surface area contributed by atoms with Gasteiger partial charge in [-0.05, 0) is 13.0 Å². The predicted octanol–water partition coefficient (Wildman–Crippen LogP) is 2.23. The van der Waals surface area contributed by atoms with Gasteiger partial charge in [0.05, 0.1) is 5.69 Å². The third-order valence-corrected chi connectivity index (χ3v) is 2.84. The molecule has 62 valence electrons. The van der Waals surface area contributed by atoms with Crippen molar-refractivity contribution in [2.24, 2.45) is 7.05 Å². The van der Waals surface area contributed by atoms with Crippen LogP contribution in [0.1, 0.15) is 24.2 Å². The van der Waals surface area contributed by atoms with E-state index in [-0.39, 0.29) is 0 Å². The summed E-state index contributed by atoms with van der Waals surface area (Å²) in [6.45, 7) is 4.23. The summed E-state index contributed by atoms with van der Waals surface area (Å²) in [5.41, 5.74) is 2.38. The highest BCUT2D eigenvalue weighted by atomic mass is 79.9. The fourth-order valence-electron chi connectivity index (χ4n) is 0.908. The van der Waals surface area contributed by atoms with Crippen LogP contribution < -0.4 is 0 Å². The normalized spacial score (nSPS) is 13.5. The molecule has 1 aromatic heterocycles. The molecule has 0 aliphatic carbocycles. The molecule has 0 amide bonds. The Morgan fingerprint density at radius 1 is 1.73 bits per heavy atom. The maximum Gasteiger partial charge on any atom is 0.0663 e. The van der Waals surface area contributed by atoms with E-state index in [9.17, 15) is 0 Å². The third-order valence-electron chi connectivity index (χ3n) is 1.87. The summed E-state index contributed by atoms with van der Waals surface area (Å²) in [6, 6.07) is 2.13. The Kier molecular flexibility index (Phi) is 2.71. The zero-order chi connectivity index (χ0) is 8.43. The van der Waals surface area contributed by atoms with Crippen LogP contribution in [0.3, 0.4) is 0 Å². The zero-order valence-electron chi connectivity index (χ0n) is 7.13. The van der Waals surface area contributed by atoms with Crippen LogP contribution in [0.25, 0.3) is 0 Å². The largest absolute Gasteiger partial charge is 0.273 e. The molecule has 0 saturated heterocycles. The molecule has 1 atom stereocenters. The van der Waals surface area contributed by atoms with Crippen molar-refractivity contribution in [1.82, 2.24) is 9.78 Å². The van der Waals surface area contributed by atoms with Gasteiger partial charge in [-0.1, -0.05) is 22.9 Å². The summed E-state index contributed by atoms with van der Waals surface area (Å²) < 4.78 is 1.91. The Bertz CT molecular complexity index is 223. The van der Waals surface area contributed by atoms with Crippen molar-refractivity contribution in [3.63, 3.8) is 0 Å². The van der Waals surface area contributed by atoms with Crippen molar-refractivity contribution in [1.29, 1.82) is 0 Å².